The SMILES string of the molecule is Cc1ccc(CC(=O)Nc2ccc(NC(=O)CCCCc3ccccc3)cc2C(O)c2ccccc2)cc1. The lowest BCUT2D eigenvalue weighted by atomic mass is 9.99. The molecule has 0 aliphatic carbocycles. The molecule has 0 aliphatic heterocycles. The first-order chi connectivity index (χ1) is 18.5. The molecule has 0 aromatic heterocycles. The molecule has 2 amide bonds. The topological polar surface area (TPSA) is 78.4 Å². The van der Waals surface area contributed by atoms with Crippen LogP contribution in [0.4, 0.5) is 11.4 Å². The van der Waals surface area contributed by atoms with Gasteiger partial charge in [-0.25, -0.2) is 0 Å². The minimum absolute atomic E-state index is 0.0747. The Morgan fingerprint density at radius 3 is 2.13 bits per heavy atom. The van der Waals surface area contributed by atoms with Crippen LogP contribution in [0.1, 0.15) is 53.2 Å². The van der Waals surface area contributed by atoms with Gasteiger partial charge in [-0.2, -0.15) is 0 Å². The first-order valence-corrected chi connectivity index (χ1v) is 13.0. The van der Waals surface area contributed by atoms with Crippen molar-refractivity contribution in [3.8, 4) is 0 Å². The van der Waals surface area contributed by atoms with E-state index in [2.05, 4.69) is 22.8 Å². The fraction of sp³-hybridized carbons (Fsp3) is 0.212. The van der Waals surface area contributed by atoms with Crippen molar-refractivity contribution in [3.05, 3.63) is 131 Å². The van der Waals surface area contributed by atoms with Crippen molar-refractivity contribution < 1.29 is 14.7 Å². The highest BCUT2D eigenvalue weighted by Gasteiger charge is 2.18. The number of nitrogens with one attached hydrogen (secondary N) is 2. The zero-order chi connectivity index (χ0) is 26.7. The Kier molecular flexibility index (Phi) is 9.43. The second-order valence-electron chi connectivity index (χ2n) is 9.57. The Hall–Kier alpha value is -4.22. The molecule has 3 N–H and O–H groups in total. The van der Waals surface area contributed by atoms with Gasteiger partial charge in [0.15, 0.2) is 0 Å². The molecule has 5 heteroatoms. The summed E-state index contributed by atoms with van der Waals surface area (Å²) in [4.78, 5) is 25.4. The van der Waals surface area contributed by atoms with Crippen molar-refractivity contribution in [1.82, 2.24) is 0 Å². The molecule has 38 heavy (non-hydrogen) atoms. The van der Waals surface area contributed by atoms with Gasteiger partial charge < -0.3 is 15.7 Å². The molecule has 0 aliphatic rings. The van der Waals surface area contributed by atoms with Gasteiger partial charge in [0, 0.05) is 23.4 Å². The van der Waals surface area contributed by atoms with E-state index >= 15 is 0 Å². The molecular weight excluding hydrogens is 472 g/mol. The zero-order valence-electron chi connectivity index (χ0n) is 21.7. The van der Waals surface area contributed by atoms with E-state index in [0.717, 1.165) is 30.4 Å². The molecule has 1 atom stereocenters. The lowest BCUT2D eigenvalue weighted by Gasteiger charge is -2.18. The summed E-state index contributed by atoms with van der Waals surface area (Å²) in [7, 11) is 0. The Bertz CT molecular complexity index is 1340. The minimum Gasteiger partial charge on any atom is -0.384 e. The molecule has 0 saturated carbocycles. The van der Waals surface area contributed by atoms with Crippen LogP contribution in [-0.4, -0.2) is 16.9 Å². The fourth-order valence-corrected chi connectivity index (χ4v) is 4.36. The monoisotopic (exact) mass is 506 g/mol. The Morgan fingerprint density at radius 1 is 0.737 bits per heavy atom. The number of carbonyl (C=O) groups is 2. The predicted octanol–water partition coefficient (Wildman–Crippen LogP) is 6.61. The van der Waals surface area contributed by atoms with Crippen molar-refractivity contribution in [2.45, 2.75) is 45.1 Å². The summed E-state index contributed by atoms with van der Waals surface area (Å²) >= 11 is 0. The number of aliphatic hydroxyl groups excluding tert-OH is 1. The van der Waals surface area contributed by atoms with Gasteiger partial charge in [-0.05, 0) is 61.1 Å². The van der Waals surface area contributed by atoms with E-state index in [9.17, 15) is 14.7 Å². The second kappa shape index (κ2) is 13.4. The van der Waals surface area contributed by atoms with Crippen LogP contribution in [0.3, 0.4) is 0 Å². The minimum atomic E-state index is -0.964. The van der Waals surface area contributed by atoms with Crippen molar-refractivity contribution in [3.63, 3.8) is 0 Å². The molecule has 4 aromatic carbocycles. The molecule has 0 fully saturated rings. The van der Waals surface area contributed by atoms with E-state index in [0.29, 0.717) is 28.9 Å². The van der Waals surface area contributed by atoms with Gasteiger partial charge in [0.2, 0.25) is 11.8 Å². The summed E-state index contributed by atoms with van der Waals surface area (Å²) < 4.78 is 0. The van der Waals surface area contributed by atoms with E-state index in [1.54, 1.807) is 18.2 Å². The Labute approximate surface area is 224 Å². The predicted molar refractivity (Wildman–Crippen MR) is 153 cm³/mol. The number of aliphatic hydroxyl groups is 1. The summed E-state index contributed by atoms with van der Waals surface area (Å²) in [5.74, 6) is -0.250. The van der Waals surface area contributed by atoms with Crippen LogP contribution >= 0.6 is 0 Å². The lowest BCUT2D eigenvalue weighted by molar-refractivity contribution is -0.116. The number of carbonyl (C=O) groups excluding carboxylic acids is 2. The van der Waals surface area contributed by atoms with Crippen molar-refractivity contribution >= 4 is 23.2 Å². The van der Waals surface area contributed by atoms with Crippen molar-refractivity contribution in [2.75, 3.05) is 10.6 Å². The summed E-state index contributed by atoms with van der Waals surface area (Å²) in [5, 5.41) is 17.1. The van der Waals surface area contributed by atoms with Gasteiger partial charge in [-0.15, -0.1) is 0 Å². The van der Waals surface area contributed by atoms with Gasteiger partial charge in [0.05, 0.1) is 6.42 Å². The van der Waals surface area contributed by atoms with Crippen LogP contribution in [0.15, 0.2) is 103 Å². The van der Waals surface area contributed by atoms with E-state index < -0.39 is 6.10 Å². The second-order valence-corrected chi connectivity index (χ2v) is 9.57. The van der Waals surface area contributed by atoms with E-state index in [1.165, 1.54) is 5.56 Å². The first kappa shape index (κ1) is 26.8. The van der Waals surface area contributed by atoms with Gasteiger partial charge in [0.25, 0.3) is 0 Å². The number of aryl methyl sites for hydroxylation is 2. The highest BCUT2D eigenvalue weighted by Crippen LogP contribution is 2.31. The van der Waals surface area contributed by atoms with Crippen LogP contribution in [0.5, 0.6) is 0 Å². The fourth-order valence-electron chi connectivity index (χ4n) is 4.36. The molecule has 0 saturated heterocycles. The van der Waals surface area contributed by atoms with Crippen molar-refractivity contribution in [1.29, 1.82) is 0 Å². The number of hydrogen-bond acceptors (Lipinski definition) is 3. The van der Waals surface area contributed by atoms with Gasteiger partial charge in [-0.3, -0.25) is 9.59 Å². The first-order valence-electron chi connectivity index (χ1n) is 13.0. The molecule has 0 radical (unpaired) electrons. The number of rotatable bonds is 11. The van der Waals surface area contributed by atoms with Crippen molar-refractivity contribution in [2.24, 2.45) is 0 Å². The third-order valence-electron chi connectivity index (χ3n) is 6.47. The third-order valence-corrected chi connectivity index (χ3v) is 6.47. The average molecular weight is 507 g/mol. The third kappa shape index (κ3) is 7.89. The van der Waals surface area contributed by atoms with Crippen LogP contribution < -0.4 is 10.6 Å². The maximum atomic E-state index is 12.8. The Balaban J connectivity index is 1.43. The van der Waals surface area contributed by atoms with Crippen LogP contribution in [0, 0.1) is 6.92 Å². The maximum Gasteiger partial charge on any atom is 0.228 e. The molecule has 0 spiro atoms. The summed E-state index contributed by atoms with van der Waals surface area (Å²) in [6.07, 6.45) is 2.34. The van der Waals surface area contributed by atoms with E-state index in [4.69, 9.17) is 0 Å². The number of unbranched alkanes of at least 4 members (excludes halogenated alkanes) is 1. The molecule has 194 valence electrons. The van der Waals surface area contributed by atoms with Crippen LogP contribution in [0.25, 0.3) is 0 Å². The Morgan fingerprint density at radius 2 is 1.42 bits per heavy atom. The molecule has 0 heterocycles. The summed E-state index contributed by atoms with van der Waals surface area (Å²) in [6.45, 7) is 2.01. The normalized spacial score (nSPS) is 11.5. The van der Waals surface area contributed by atoms with Gasteiger partial charge in [0.1, 0.15) is 6.10 Å². The number of hydrogen-bond donors (Lipinski definition) is 3. The van der Waals surface area contributed by atoms with Gasteiger partial charge >= 0.3 is 0 Å². The molecule has 0 bridgehead atoms. The molecular formula is C33H34N2O3. The van der Waals surface area contributed by atoms with Gasteiger partial charge in [-0.1, -0.05) is 90.5 Å². The largest absolute Gasteiger partial charge is 0.384 e. The number of anilines is 2. The quantitative estimate of drug-likeness (QED) is 0.200. The lowest BCUT2D eigenvalue weighted by Crippen LogP contribution is -2.17. The average Bonchev–Trinajstić information content (AvgIpc) is 2.94. The van der Waals surface area contributed by atoms with E-state index in [1.807, 2.05) is 79.7 Å². The molecule has 1 unspecified atom stereocenters. The molecule has 4 aromatic rings. The standard InChI is InChI=1S/C33H34N2O3/c1-24-16-18-26(19-17-24)22-32(37)35-30-21-20-28(23-29(30)33(38)27-13-6-3-7-14-27)34-31(36)15-9-8-12-25-10-4-2-5-11-25/h2-7,10-11,13-14,16-21,23,33,38H,8-9,12,15,22H2,1H3,(H,34,36)(H,35,37). The zero-order valence-corrected chi connectivity index (χ0v) is 21.7. The molecule has 4 rings (SSSR count). The van der Waals surface area contributed by atoms with Crippen LogP contribution in [-0.2, 0) is 22.4 Å². The number of amides is 2. The smallest absolute Gasteiger partial charge is 0.228 e. The summed E-state index contributed by atoms with van der Waals surface area (Å²) in [5.41, 5.74) is 5.64. The van der Waals surface area contributed by atoms with E-state index in [-0.39, 0.29) is 18.2 Å². The maximum absolute atomic E-state index is 12.8. The highest BCUT2D eigenvalue weighted by atomic mass is 16.3. The number of benzene rings is 4. The summed E-state index contributed by atoms with van der Waals surface area (Å²) in [6, 6.07) is 32.6. The highest BCUT2D eigenvalue weighted by molar-refractivity contribution is 5.95. The molecule has 5 nitrogen and oxygen atoms in total. The van der Waals surface area contributed by atoms with Crippen LogP contribution in [0.2, 0.25) is 0 Å².